The molecule has 0 aliphatic rings. The molecule has 2 rings (SSSR count). The van der Waals surface area contributed by atoms with Gasteiger partial charge in [-0.1, -0.05) is 19.0 Å². The highest BCUT2D eigenvalue weighted by Gasteiger charge is 2.18. The molecule has 0 radical (unpaired) electrons. The number of rotatable bonds is 8. The quantitative estimate of drug-likeness (QED) is 0.578. The predicted molar refractivity (Wildman–Crippen MR) is 95.5 cm³/mol. The van der Waals surface area contributed by atoms with Crippen LogP contribution in [0.2, 0.25) is 0 Å². The minimum Gasteiger partial charge on any atom is -0.374 e. The van der Waals surface area contributed by atoms with Crippen molar-refractivity contribution in [3.8, 4) is 0 Å². The van der Waals surface area contributed by atoms with Crippen LogP contribution in [0.5, 0.6) is 0 Å². The number of primary amides is 2. The number of hydrogen-bond donors (Lipinski definition) is 4. The van der Waals surface area contributed by atoms with Crippen molar-refractivity contribution in [1.29, 1.82) is 0 Å². The fourth-order valence-corrected chi connectivity index (χ4v) is 2.43. The van der Waals surface area contributed by atoms with Crippen LogP contribution in [-0.2, 0) is 4.79 Å². The highest BCUT2D eigenvalue weighted by molar-refractivity contribution is 6.00. The van der Waals surface area contributed by atoms with Crippen molar-refractivity contribution in [2.75, 3.05) is 10.6 Å². The normalized spacial score (nSPS) is 12.0. The molecule has 8 nitrogen and oxygen atoms in total. The summed E-state index contributed by atoms with van der Waals surface area (Å²) in [7, 11) is 0. The van der Waals surface area contributed by atoms with Gasteiger partial charge in [-0.3, -0.25) is 9.59 Å². The third-order valence-corrected chi connectivity index (χ3v) is 3.56. The van der Waals surface area contributed by atoms with Crippen LogP contribution in [0.1, 0.15) is 36.3 Å². The summed E-state index contributed by atoms with van der Waals surface area (Å²) in [5.74, 6) is -0.345. The number of benzene rings is 1. The number of aryl methyl sites for hydroxylation is 1. The number of aromatic nitrogens is 1. The number of nitrogens with one attached hydrogen (secondary N) is 2. The molecule has 25 heavy (non-hydrogen) atoms. The van der Waals surface area contributed by atoms with Crippen molar-refractivity contribution in [1.82, 2.24) is 5.16 Å². The van der Waals surface area contributed by atoms with Crippen molar-refractivity contribution in [2.45, 2.75) is 33.2 Å². The molecule has 2 amide bonds. The van der Waals surface area contributed by atoms with Gasteiger partial charge in [-0.25, -0.2) is 0 Å². The van der Waals surface area contributed by atoms with Crippen molar-refractivity contribution in [3.05, 3.63) is 35.5 Å². The highest BCUT2D eigenvalue weighted by Crippen LogP contribution is 2.26. The zero-order chi connectivity index (χ0) is 18.6. The third-order valence-electron chi connectivity index (χ3n) is 3.56. The maximum Gasteiger partial charge on any atom is 0.250 e. The average molecular weight is 345 g/mol. The Morgan fingerprint density at radius 2 is 1.96 bits per heavy atom. The lowest BCUT2D eigenvalue weighted by atomic mass is 10.0. The third kappa shape index (κ3) is 4.97. The maximum atomic E-state index is 11.6. The Bertz CT molecular complexity index is 769. The lowest BCUT2D eigenvalue weighted by Crippen LogP contribution is -2.36. The molecule has 0 spiro atoms. The minimum absolute atomic E-state index is 0.291. The van der Waals surface area contributed by atoms with Crippen molar-refractivity contribution in [3.63, 3.8) is 0 Å². The van der Waals surface area contributed by atoms with Gasteiger partial charge in [0.2, 0.25) is 11.8 Å². The molecule has 8 heteroatoms. The first-order chi connectivity index (χ1) is 11.8. The van der Waals surface area contributed by atoms with E-state index >= 15 is 0 Å². The molecule has 1 aromatic carbocycles. The van der Waals surface area contributed by atoms with E-state index in [9.17, 15) is 9.59 Å². The van der Waals surface area contributed by atoms with E-state index in [2.05, 4.69) is 15.8 Å². The van der Waals surface area contributed by atoms with Gasteiger partial charge in [0.05, 0.1) is 16.9 Å². The van der Waals surface area contributed by atoms with Gasteiger partial charge in [0.15, 0.2) is 0 Å². The summed E-state index contributed by atoms with van der Waals surface area (Å²) in [5, 5.41) is 9.85. The van der Waals surface area contributed by atoms with E-state index in [1.807, 2.05) is 13.8 Å². The number of hydrogen-bond acceptors (Lipinski definition) is 6. The van der Waals surface area contributed by atoms with Gasteiger partial charge >= 0.3 is 0 Å². The number of carbonyl (C=O) groups excluding carboxylic acids is 2. The second-order valence-corrected chi connectivity index (χ2v) is 6.31. The fraction of sp³-hybridized carbons (Fsp3) is 0.353. The van der Waals surface area contributed by atoms with Crippen molar-refractivity contribution in [2.24, 2.45) is 17.4 Å². The monoisotopic (exact) mass is 345 g/mol. The first-order valence-corrected chi connectivity index (χ1v) is 7.96. The van der Waals surface area contributed by atoms with Crippen molar-refractivity contribution >= 4 is 29.1 Å². The van der Waals surface area contributed by atoms with Gasteiger partial charge < -0.3 is 26.6 Å². The van der Waals surface area contributed by atoms with Gasteiger partial charge in [0.25, 0.3) is 5.91 Å². The zero-order valence-corrected chi connectivity index (χ0v) is 14.5. The summed E-state index contributed by atoms with van der Waals surface area (Å²) in [6, 6.07) is 6.10. The molecule has 0 saturated carbocycles. The Hall–Kier alpha value is -3.03. The molecule has 0 fully saturated rings. The summed E-state index contributed by atoms with van der Waals surface area (Å²) in [6.45, 7) is 5.80. The number of amides is 2. The van der Waals surface area contributed by atoms with E-state index in [1.165, 1.54) is 0 Å². The smallest absolute Gasteiger partial charge is 0.250 e. The van der Waals surface area contributed by atoms with Crippen LogP contribution < -0.4 is 22.1 Å². The Kier molecular flexibility index (Phi) is 5.63. The number of nitrogens with zero attached hydrogens (tertiary/aromatic N) is 1. The highest BCUT2D eigenvalue weighted by atomic mass is 16.5. The first kappa shape index (κ1) is 18.3. The molecule has 0 aliphatic carbocycles. The van der Waals surface area contributed by atoms with E-state index in [0.29, 0.717) is 40.9 Å². The summed E-state index contributed by atoms with van der Waals surface area (Å²) in [5.41, 5.74) is 12.9. The lowest BCUT2D eigenvalue weighted by molar-refractivity contribution is -0.119. The molecule has 1 heterocycles. The maximum absolute atomic E-state index is 11.6. The van der Waals surface area contributed by atoms with Gasteiger partial charge in [0.1, 0.15) is 6.04 Å². The van der Waals surface area contributed by atoms with Crippen LogP contribution in [0.25, 0.3) is 0 Å². The summed E-state index contributed by atoms with van der Waals surface area (Å²) in [6.07, 6.45) is 0.594. The molecule has 1 atom stereocenters. The lowest BCUT2D eigenvalue weighted by Gasteiger charge is -2.19. The molecule has 0 bridgehead atoms. The van der Waals surface area contributed by atoms with Crippen LogP contribution in [0.15, 0.2) is 28.8 Å². The number of carbonyl (C=O) groups is 2. The van der Waals surface area contributed by atoms with E-state index in [1.54, 1.807) is 31.2 Å². The second-order valence-electron chi connectivity index (χ2n) is 6.31. The summed E-state index contributed by atoms with van der Waals surface area (Å²) >= 11 is 0. The van der Waals surface area contributed by atoms with Gasteiger partial charge in [0, 0.05) is 11.8 Å². The Labute approximate surface area is 145 Å². The molecular formula is C17H23N5O3. The Morgan fingerprint density at radius 3 is 2.48 bits per heavy atom. The number of anilines is 3. The predicted octanol–water partition coefficient (Wildman–Crippen LogP) is 2.14. The molecule has 0 aliphatic heterocycles. The Morgan fingerprint density at radius 1 is 1.24 bits per heavy atom. The van der Waals surface area contributed by atoms with Crippen LogP contribution in [0, 0.1) is 12.8 Å². The molecular weight excluding hydrogens is 322 g/mol. The fourth-order valence-electron chi connectivity index (χ4n) is 2.43. The van der Waals surface area contributed by atoms with Gasteiger partial charge in [-0.2, -0.15) is 0 Å². The molecule has 1 aromatic heterocycles. The van der Waals surface area contributed by atoms with Crippen LogP contribution in [-0.4, -0.2) is 23.0 Å². The van der Waals surface area contributed by atoms with Crippen molar-refractivity contribution < 1.29 is 14.1 Å². The molecule has 0 saturated heterocycles. The summed E-state index contributed by atoms with van der Waals surface area (Å²) < 4.78 is 5.11. The second kappa shape index (κ2) is 7.69. The number of nitrogens with two attached hydrogens (primary N) is 2. The minimum atomic E-state index is -0.584. The molecule has 134 valence electrons. The van der Waals surface area contributed by atoms with E-state index in [0.717, 1.165) is 0 Å². The topological polar surface area (TPSA) is 136 Å². The van der Waals surface area contributed by atoms with Gasteiger partial charge in [-0.15, -0.1) is 0 Å². The van der Waals surface area contributed by atoms with Crippen LogP contribution in [0.4, 0.5) is 17.3 Å². The average Bonchev–Trinajstić information content (AvgIpc) is 2.91. The molecule has 2 aromatic rings. The van der Waals surface area contributed by atoms with Gasteiger partial charge in [-0.05, 0) is 37.5 Å². The molecule has 0 unspecified atom stereocenters. The largest absolute Gasteiger partial charge is 0.374 e. The zero-order valence-electron chi connectivity index (χ0n) is 14.5. The summed E-state index contributed by atoms with van der Waals surface area (Å²) in [4.78, 5) is 23.3. The SMILES string of the molecule is Cc1cc(Nc2cc(N[C@H](CC(C)C)C(N)=O)ccc2C(N)=O)on1. The van der Waals surface area contributed by atoms with E-state index < -0.39 is 17.9 Å². The standard InChI is InChI=1S/C17H23N5O3/c1-9(2)6-14(17(19)24)20-11-4-5-12(16(18)23)13(8-11)21-15-7-10(3)22-25-15/h4-5,7-9,14,20-21H,6H2,1-3H3,(H2,18,23)(H2,19,24)/t14-/m1/s1. The van der Waals surface area contributed by atoms with Crippen LogP contribution in [0.3, 0.4) is 0 Å². The molecule has 6 N–H and O–H groups in total. The van der Waals surface area contributed by atoms with E-state index in [4.69, 9.17) is 16.0 Å². The Balaban J connectivity index is 2.29. The van der Waals surface area contributed by atoms with Crippen LogP contribution >= 0.6 is 0 Å². The van der Waals surface area contributed by atoms with E-state index in [-0.39, 0.29) is 0 Å². The first-order valence-electron chi connectivity index (χ1n) is 7.96.